The van der Waals surface area contributed by atoms with Crippen molar-refractivity contribution in [2.24, 2.45) is 0 Å². The summed E-state index contributed by atoms with van der Waals surface area (Å²) < 4.78 is 2.01. The van der Waals surface area contributed by atoms with Crippen LogP contribution in [0.3, 0.4) is 0 Å². The Morgan fingerprint density at radius 2 is 1.81 bits per heavy atom. The molecule has 6 heteroatoms. The molecule has 0 fully saturated rings. The van der Waals surface area contributed by atoms with Gasteiger partial charge in [0.05, 0.1) is 10.5 Å². The third-order valence-electron chi connectivity index (χ3n) is 3.62. The summed E-state index contributed by atoms with van der Waals surface area (Å²) >= 11 is 0. The normalized spacial score (nSPS) is 11.1. The number of fused-ring (bicyclic) bond motifs is 3. The molecule has 0 aliphatic heterocycles. The lowest BCUT2D eigenvalue weighted by atomic mass is 10.1. The molecular formula is C15H12N2O4. The molecule has 0 saturated heterocycles. The van der Waals surface area contributed by atoms with Crippen molar-refractivity contribution in [3.63, 3.8) is 0 Å². The van der Waals surface area contributed by atoms with Crippen LogP contribution in [0.1, 0.15) is 17.3 Å². The zero-order valence-corrected chi connectivity index (χ0v) is 11.2. The first-order valence-electron chi connectivity index (χ1n) is 6.46. The molecule has 0 aliphatic rings. The van der Waals surface area contributed by atoms with E-state index >= 15 is 0 Å². The van der Waals surface area contributed by atoms with Crippen LogP contribution in [-0.4, -0.2) is 20.6 Å². The van der Waals surface area contributed by atoms with Crippen LogP contribution in [0.4, 0.5) is 5.69 Å². The van der Waals surface area contributed by atoms with Crippen molar-refractivity contribution in [2.75, 3.05) is 0 Å². The molecule has 0 aliphatic carbocycles. The lowest BCUT2D eigenvalue weighted by Crippen LogP contribution is -1.96. The van der Waals surface area contributed by atoms with E-state index in [1.165, 1.54) is 12.1 Å². The molecule has 0 saturated carbocycles. The largest absolute Gasteiger partial charge is 0.478 e. The molecule has 0 radical (unpaired) electrons. The van der Waals surface area contributed by atoms with Crippen LogP contribution in [0.25, 0.3) is 21.8 Å². The monoisotopic (exact) mass is 284 g/mol. The number of aromatic nitrogens is 1. The number of benzene rings is 2. The molecule has 106 valence electrons. The van der Waals surface area contributed by atoms with Crippen molar-refractivity contribution in [3.05, 3.63) is 52.1 Å². The zero-order valence-electron chi connectivity index (χ0n) is 11.2. The topological polar surface area (TPSA) is 85.4 Å². The second kappa shape index (κ2) is 4.59. The van der Waals surface area contributed by atoms with Crippen LogP contribution in [0, 0.1) is 10.1 Å². The van der Waals surface area contributed by atoms with E-state index in [-0.39, 0.29) is 11.3 Å². The Bertz CT molecular complexity index is 824. The predicted molar refractivity (Wildman–Crippen MR) is 78.7 cm³/mol. The first-order chi connectivity index (χ1) is 10.0. The SMILES string of the molecule is CCn1c2ccc(C(=O)O)cc2c2cc([N+](=O)[O-])ccc21. The highest BCUT2D eigenvalue weighted by Crippen LogP contribution is 2.32. The number of nitro benzene ring substituents is 1. The number of hydrogen-bond donors (Lipinski definition) is 1. The van der Waals surface area contributed by atoms with Gasteiger partial charge >= 0.3 is 5.97 Å². The number of carbonyl (C=O) groups is 1. The molecule has 0 atom stereocenters. The second-order valence-electron chi connectivity index (χ2n) is 4.74. The van der Waals surface area contributed by atoms with E-state index in [0.717, 1.165) is 16.4 Å². The molecular weight excluding hydrogens is 272 g/mol. The van der Waals surface area contributed by atoms with Gasteiger partial charge < -0.3 is 9.67 Å². The average molecular weight is 284 g/mol. The molecule has 3 rings (SSSR count). The molecule has 6 nitrogen and oxygen atoms in total. The number of nitro groups is 1. The summed E-state index contributed by atoms with van der Waals surface area (Å²) in [7, 11) is 0. The maximum absolute atomic E-state index is 11.1. The fourth-order valence-corrected chi connectivity index (χ4v) is 2.68. The summed E-state index contributed by atoms with van der Waals surface area (Å²) in [4.78, 5) is 21.6. The highest BCUT2D eigenvalue weighted by atomic mass is 16.6. The maximum Gasteiger partial charge on any atom is 0.335 e. The fraction of sp³-hybridized carbons (Fsp3) is 0.133. The predicted octanol–water partition coefficient (Wildman–Crippen LogP) is 3.42. The van der Waals surface area contributed by atoms with Gasteiger partial charge in [-0.15, -0.1) is 0 Å². The van der Waals surface area contributed by atoms with E-state index in [4.69, 9.17) is 5.11 Å². The van der Waals surface area contributed by atoms with Gasteiger partial charge in [-0.3, -0.25) is 10.1 Å². The number of carboxylic acids is 1. The lowest BCUT2D eigenvalue weighted by Gasteiger charge is -2.02. The minimum atomic E-state index is -1.01. The Labute approximate surface area is 119 Å². The number of aromatic carboxylic acids is 1. The smallest absolute Gasteiger partial charge is 0.335 e. The van der Waals surface area contributed by atoms with Crippen LogP contribution < -0.4 is 0 Å². The number of carboxylic acid groups (broad SMARTS) is 1. The van der Waals surface area contributed by atoms with Gasteiger partial charge in [0.25, 0.3) is 5.69 Å². The maximum atomic E-state index is 11.1. The molecule has 2 aromatic carbocycles. The Morgan fingerprint density at radius 1 is 1.19 bits per heavy atom. The van der Waals surface area contributed by atoms with Gasteiger partial charge in [-0.1, -0.05) is 0 Å². The van der Waals surface area contributed by atoms with E-state index < -0.39 is 10.9 Å². The lowest BCUT2D eigenvalue weighted by molar-refractivity contribution is -0.384. The summed E-state index contributed by atoms with van der Waals surface area (Å²) in [6, 6.07) is 9.52. The number of hydrogen-bond acceptors (Lipinski definition) is 3. The van der Waals surface area contributed by atoms with Gasteiger partial charge in [0.1, 0.15) is 0 Å². The average Bonchev–Trinajstić information content (AvgIpc) is 2.79. The van der Waals surface area contributed by atoms with Crippen molar-refractivity contribution in [1.29, 1.82) is 0 Å². The van der Waals surface area contributed by atoms with E-state index in [1.54, 1.807) is 24.3 Å². The minimum Gasteiger partial charge on any atom is -0.478 e. The quantitative estimate of drug-likeness (QED) is 0.589. The van der Waals surface area contributed by atoms with Crippen molar-refractivity contribution in [3.8, 4) is 0 Å². The van der Waals surface area contributed by atoms with Crippen molar-refractivity contribution < 1.29 is 14.8 Å². The summed E-state index contributed by atoms with van der Waals surface area (Å²) in [6.07, 6.45) is 0. The highest BCUT2D eigenvalue weighted by Gasteiger charge is 2.15. The first kappa shape index (κ1) is 13.1. The third kappa shape index (κ3) is 1.92. The van der Waals surface area contributed by atoms with Gasteiger partial charge in [-0.2, -0.15) is 0 Å². The van der Waals surface area contributed by atoms with E-state index in [2.05, 4.69) is 0 Å². The zero-order chi connectivity index (χ0) is 15.1. The number of nitrogens with zero attached hydrogens (tertiary/aromatic N) is 2. The third-order valence-corrected chi connectivity index (χ3v) is 3.62. The highest BCUT2D eigenvalue weighted by molar-refractivity contribution is 6.10. The molecule has 0 spiro atoms. The number of rotatable bonds is 3. The van der Waals surface area contributed by atoms with Crippen molar-refractivity contribution in [1.82, 2.24) is 4.57 Å². The summed E-state index contributed by atoms with van der Waals surface area (Å²) in [5.74, 6) is -1.01. The Morgan fingerprint density at radius 3 is 2.38 bits per heavy atom. The molecule has 0 amide bonds. The molecule has 1 heterocycles. The van der Waals surface area contributed by atoms with Crippen LogP contribution in [0.5, 0.6) is 0 Å². The van der Waals surface area contributed by atoms with Gasteiger partial charge in [0.2, 0.25) is 0 Å². The van der Waals surface area contributed by atoms with Gasteiger partial charge in [0, 0.05) is 40.5 Å². The van der Waals surface area contributed by atoms with Crippen LogP contribution in [0.15, 0.2) is 36.4 Å². The molecule has 1 aromatic heterocycles. The van der Waals surface area contributed by atoms with E-state index in [9.17, 15) is 14.9 Å². The fourth-order valence-electron chi connectivity index (χ4n) is 2.68. The second-order valence-corrected chi connectivity index (χ2v) is 4.74. The summed E-state index contributed by atoms with van der Waals surface area (Å²) in [5.41, 5.74) is 1.90. The van der Waals surface area contributed by atoms with Crippen LogP contribution >= 0.6 is 0 Å². The Hall–Kier alpha value is -2.89. The van der Waals surface area contributed by atoms with Crippen molar-refractivity contribution >= 4 is 33.5 Å². The molecule has 1 N–H and O–H groups in total. The standard InChI is InChI=1S/C15H12N2O4/c1-2-16-13-5-3-9(15(18)19)7-11(13)12-8-10(17(20)21)4-6-14(12)16/h3-8H,2H2,1H3,(H,18,19). The number of aryl methyl sites for hydroxylation is 1. The van der Waals surface area contributed by atoms with Crippen LogP contribution in [0.2, 0.25) is 0 Å². The summed E-state index contributed by atoms with van der Waals surface area (Å²) in [5, 5.41) is 21.5. The van der Waals surface area contributed by atoms with Gasteiger partial charge in [-0.05, 0) is 31.2 Å². The van der Waals surface area contributed by atoms with Crippen molar-refractivity contribution in [2.45, 2.75) is 13.5 Å². The first-order valence-corrected chi connectivity index (χ1v) is 6.46. The van der Waals surface area contributed by atoms with Gasteiger partial charge in [-0.25, -0.2) is 4.79 Å². The van der Waals surface area contributed by atoms with Crippen LogP contribution in [-0.2, 0) is 6.54 Å². The van der Waals surface area contributed by atoms with E-state index in [0.29, 0.717) is 11.9 Å². The molecule has 21 heavy (non-hydrogen) atoms. The molecule has 0 bridgehead atoms. The Balaban J connectivity index is 2.45. The Kier molecular flexibility index (Phi) is 2.86. The minimum absolute atomic E-state index is 0.00150. The molecule has 3 aromatic rings. The summed E-state index contributed by atoms with van der Waals surface area (Å²) in [6.45, 7) is 2.68. The molecule has 0 unspecified atom stereocenters. The van der Waals surface area contributed by atoms with E-state index in [1.807, 2.05) is 11.5 Å². The number of non-ortho nitro benzene ring substituents is 1. The van der Waals surface area contributed by atoms with Gasteiger partial charge in [0.15, 0.2) is 0 Å².